The number of nitrogens with zero attached hydrogens (tertiary/aromatic N) is 4. The molecule has 1 saturated carbocycles. The van der Waals surface area contributed by atoms with E-state index in [9.17, 15) is 4.79 Å². The number of nitrogens with one attached hydrogen (secondary N) is 1. The Morgan fingerprint density at radius 2 is 1.97 bits per heavy atom. The van der Waals surface area contributed by atoms with Gasteiger partial charge in [0.1, 0.15) is 17.8 Å². The highest BCUT2D eigenvalue weighted by Gasteiger charge is 2.42. The lowest BCUT2D eigenvalue weighted by Gasteiger charge is -2.37. The molecule has 4 heterocycles. The normalized spacial score (nSPS) is 24.6. The molecule has 1 amide bonds. The van der Waals surface area contributed by atoms with Crippen molar-refractivity contribution >= 4 is 17.5 Å². The smallest absolute Gasteiger partial charge is 0.230 e. The van der Waals surface area contributed by atoms with Crippen LogP contribution in [-0.4, -0.2) is 51.0 Å². The lowest BCUT2D eigenvalue weighted by molar-refractivity contribution is -0.158. The summed E-state index contributed by atoms with van der Waals surface area (Å²) in [6.07, 6.45) is 7.03. The van der Waals surface area contributed by atoms with Crippen LogP contribution in [0.2, 0.25) is 5.02 Å². The molecule has 1 atom stereocenters. The first kappa shape index (κ1) is 23.4. The van der Waals surface area contributed by atoms with E-state index >= 15 is 0 Å². The molecule has 3 aliphatic rings. The van der Waals surface area contributed by atoms with Crippen molar-refractivity contribution in [3.8, 4) is 11.6 Å². The molecular weight excluding hydrogens is 478 g/mol. The Morgan fingerprint density at radius 3 is 2.69 bits per heavy atom. The Labute approximate surface area is 215 Å². The fourth-order valence-electron chi connectivity index (χ4n) is 5.51. The summed E-state index contributed by atoms with van der Waals surface area (Å²) in [6.45, 7) is 2.86. The SMILES string of the molecule is CC1(C(=O)N[C@H]2Cc3cc(Cl)ccc3-n3c(nnc3C3CCC(Oc4ccccn4)CC3)C2)COC1. The molecule has 3 aromatic rings. The Bertz CT molecular complexity index is 1250. The number of pyridine rings is 1. The van der Waals surface area contributed by atoms with E-state index in [-0.39, 0.29) is 24.0 Å². The minimum atomic E-state index is -0.460. The number of hydrogen-bond donors (Lipinski definition) is 1. The van der Waals surface area contributed by atoms with Gasteiger partial charge in [0.25, 0.3) is 0 Å². The van der Waals surface area contributed by atoms with Gasteiger partial charge in [0.05, 0.1) is 24.3 Å². The molecule has 2 aliphatic heterocycles. The Morgan fingerprint density at radius 1 is 1.14 bits per heavy atom. The summed E-state index contributed by atoms with van der Waals surface area (Å²) in [6, 6.07) is 11.6. The van der Waals surface area contributed by atoms with E-state index in [1.165, 1.54) is 0 Å². The molecule has 8 nitrogen and oxygen atoms in total. The highest BCUT2D eigenvalue weighted by molar-refractivity contribution is 6.30. The summed E-state index contributed by atoms with van der Waals surface area (Å²) in [4.78, 5) is 17.3. The molecule has 188 valence electrons. The standard InChI is InChI=1S/C27H30ClN5O3/c1-27(15-35-16-27)26(34)30-20-13-18-12-19(28)7-10-22(18)33-23(14-20)31-32-25(33)17-5-8-21(9-6-17)36-24-4-2-3-11-29-24/h2-4,7,10-12,17,20-21H,5-6,8-9,13-16H2,1H3,(H,30,34)/t17?,20-,21?/m0/s1. The average Bonchev–Trinajstić information content (AvgIpc) is 3.20. The number of carbonyl (C=O) groups is 1. The van der Waals surface area contributed by atoms with Gasteiger partial charge in [-0.3, -0.25) is 9.36 Å². The molecule has 2 fully saturated rings. The number of fused-ring (bicyclic) bond motifs is 3. The first-order chi connectivity index (χ1) is 17.5. The number of ether oxygens (including phenoxy) is 2. The Balaban J connectivity index is 1.23. The van der Waals surface area contributed by atoms with Gasteiger partial charge in [0.15, 0.2) is 0 Å². The third-order valence-corrected chi connectivity index (χ3v) is 7.86. The van der Waals surface area contributed by atoms with Crippen molar-refractivity contribution in [1.82, 2.24) is 25.1 Å². The zero-order chi connectivity index (χ0) is 24.7. The second-order valence-corrected chi connectivity index (χ2v) is 10.9. The van der Waals surface area contributed by atoms with Crippen LogP contribution < -0.4 is 10.1 Å². The summed E-state index contributed by atoms with van der Waals surface area (Å²) < 4.78 is 13.6. The van der Waals surface area contributed by atoms with Gasteiger partial charge >= 0.3 is 0 Å². The highest BCUT2D eigenvalue weighted by Crippen LogP contribution is 2.37. The van der Waals surface area contributed by atoms with Crippen LogP contribution in [0, 0.1) is 5.41 Å². The molecule has 1 saturated heterocycles. The Hall–Kier alpha value is -2.97. The second kappa shape index (κ2) is 9.48. The predicted octanol–water partition coefficient (Wildman–Crippen LogP) is 4.04. The van der Waals surface area contributed by atoms with Crippen molar-refractivity contribution in [2.75, 3.05) is 13.2 Å². The predicted molar refractivity (Wildman–Crippen MR) is 134 cm³/mol. The van der Waals surface area contributed by atoms with Crippen LogP contribution in [0.25, 0.3) is 5.69 Å². The van der Waals surface area contributed by atoms with Gasteiger partial charge in [-0.15, -0.1) is 10.2 Å². The molecular formula is C27H30ClN5O3. The number of carbonyl (C=O) groups excluding carboxylic acids is 1. The van der Waals surface area contributed by atoms with Gasteiger partial charge < -0.3 is 14.8 Å². The summed E-state index contributed by atoms with van der Waals surface area (Å²) >= 11 is 6.40. The first-order valence-electron chi connectivity index (χ1n) is 12.7. The molecule has 0 spiro atoms. The highest BCUT2D eigenvalue weighted by atomic mass is 35.5. The average molecular weight is 508 g/mol. The van der Waals surface area contributed by atoms with Crippen LogP contribution in [0.4, 0.5) is 0 Å². The van der Waals surface area contributed by atoms with E-state index in [1.54, 1.807) is 6.20 Å². The molecule has 9 heteroatoms. The lowest BCUT2D eigenvalue weighted by atomic mass is 9.86. The molecule has 1 aliphatic carbocycles. The first-order valence-corrected chi connectivity index (χ1v) is 13.1. The molecule has 36 heavy (non-hydrogen) atoms. The zero-order valence-corrected chi connectivity index (χ0v) is 21.1. The van der Waals surface area contributed by atoms with Crippen molar-refractivity contribution in [2.45, 2.75) is 63.5 Å². The zero-order valence-electron chi connectivity index (χ0n) is 20.3. The van der Waals surface area contributed by atoms with E-state index in [4.69, 9.17) is 21.1 Å². The van der Waals surface area contributed by atoms with Crippen LogP contribution in [0.3, 0.4) is 0 Å². The molecule has 1 N–H and O–H groups in total. The van der Waals surface area contributed by atoms with Crippen LogP contribution >= 0.6 is 11.6 Å². The fraction of sp³-hybridized carbons (Fsp3) is 0.481. The van der Waals surface area contributed by atoms with Crippen molar-refractivity contribution < 1.29 is 14.3 Å². The lowest BCUT2D eigenvalue weighted by Crippen LogP contribution is -2.54. The quantitative estimate of drug-likeness (QED) is 0.560. The van der Waals surface area contributed by atoms with E-state index in [0.717, 1.165) is 48.6 Å². The number of aromatic nitrogens is 4. The second-order valence-electron chi connectivity index (χ2n) is 10.5. The number of rotatable bonds is 5. The molecule has 2 aromatic heterocycles. The number of halogens is 1. The number of amides is 1. The molecule has 1 aromatic carbocycles. The minimum Gasteiger partial charge on any atom is -0.474 e. The number of hydrogen-bond acceptors (Lipinski definition) is 6. The van der Waals surface area contributed by atoms with Gasteiger partial charge in [0, 0.05) is 35.7 Å². The van der Waals surface area contributed by atoms with Crippen molar-refractivity contribution in [1.29, 1.82) is 0 Å². The van der Waals surface area contributed by atoms with Gasteiger partial charge in [0.2, 0.25) is 11.8 Å². The van der Waals surface area contributed by atoms with E-state index in [2.05, 4.69) is 31.1 Å². The summed E-state index contributed by atoms with van der Waals surface area (Å²) in [7, 11) is 0. The monoisotopic (exact) mass is 507 g/mol. The molecule has 0 radical (unpaired) electrons. The topological polar surface area (TPSA) is 91.2 Å². The third kappa shape index (κ3) is 4.48. The van der Waals surface area contributed by atoms with E-state index in [0.29, 0.717) is 37.0 Å². The van der Waals surface area contributed by atoms with E-state index in [1.807, 2.05) is 37.3 Å². The fourth-order valence-corrected chi connectivity index (χ4v) is 5.71. The van der Waals surface area contributed by atoms with Crippen LogP contribution in [0.1, 0.15) is 55.7 Å². The van der Waals surface area contributed by atoms with Crippen molar-refractivity contribution in [3.05, 3.63) is 64.8 Å². The minimum absolute atomic E-state index is 0.0294. The van der Waals surface area contributed by atoms with Crippen LogP contribution in [-0.2, 0) is 22.4 Å². The molecule has 6 rings (SSSR count). The number of benzene rings is 1. The van der Waals surface area contributed by atoms with Gasteiger partial charge in [-0.05, 0) is 68.9 Å². The maximum absolute atomic E-state index is 13.0. The summed E-state index contributed by atoms with van der Waals surface area (Å²) in [5.41, 5.74) is 1.68. The third-order valence-electron chi connectivity index (χ3n) is 7.62. The maximum atomic E-state index is 13.0. The van der Waals surface area contributed by atoms with Crippen molar-refractivity contribution in [2.24, 2.45) is 5.41 Å². The van der Waals surface area contributed by atoms with Gasteiger partial charge in [-0.1, -0.05) is 17.7 Å². The maximum Gasteiger partial charge on any atom is 0.230 e. The summed E-state index contributed by atoms with van der Waals surface area (Å²) in [5, 5.41) is 13.2. The molecule has 0 bridgehead atoms. The largest absolute Gasteiger partial charge is 0.474 e. The van der Waals surface area contributed by atoms with Gasteiger partial charge in [-0.2, -0.15) is 0 Å². The van der Waals surface area contributed by atoms with Crippen LogP contribution in [0.15, 0.2) is 42.6 Å². The van der Waals surface area contributed by atoms with E-state index < -0.39 is 5.41 Å². The van der Waals surface area contributed by atoms with Gasteiger partial charge in [-0.25, -0.2) is 4.98 Å². The Kier molecular flexibility index (Phi) is 6.17. The molecule has 0 unspecified atom stereocenters. The van der Waals surface area contributed by atoms with Crippen molar-refractivity contribution in [3.63, 3.8) is 0 Å². The van der Waals surface area contributed by atoms with Crippen LogP contribution in [0.5, 0.6) is 5.88 Å². The summed E-state index contributed by atoms with van der Waals surface area (Å²) in [5.74, 6) is 2.85.